The average Bonchev–Trinajstić information content (AvgIpc) is 2.35. The average molecular weight is 220 g/mol. The molecular weight excluding hydrogens is 204 g/mol. The number of ether oxygens (including phenoxy) is 1. The molecule has 0 unspecified atom stereocenters. The van der Waals surface area contributed by atoms with Gasteiger partial charge in [-0.3, -0.25) is 0 Å². The van der Waals surface area contributed by atoms with Crippen molar-refractivity contribution in [2.24, 2.45) is 0 Å². The number of carbonyl (C=O) groups excluding carboxylic acids is 1. The largest absolute Gasteiger partial charge is 0.466 e. The molecule has 0 saturated carbocycles. The highest BCUT2D eigenvalue weighted by atomic mass is 16.5. The third-order valence-electron chi connectivity index (χ3n) is 2.35. The van der Waals surface area contributed by atoms with Gasteiger partial charge in [0.2, 0.25) is 0 Å². The van der Waals surface area contributed by atoms with Crippen LogP contribution in [-0.2, 0) is 16.0 Å². The summed E-state index contributed by atoms with van der Waals surface area (Å²) in [5, 5.41) is 9.02. The van der Waals surface area contributed by atoms with Crippen LogP contribution in [0, 0.1) is 0 Å². The van der Waals surface area contributed by atoms with E-state index in [-0.39, 0.29) is 12.2 Å². The zero-order chi connectivity index (χ0) is 12.0. The molecule has 0 atom stereocenters. The van der Waals surface area contributed by atoms with Crippen LogP contribution in [-0.4, -0.2) is 24.8 Å². The summed E-state index contributed by atoms with van der Waals surface area (Å²) >= 11 is 0. The highest BCUT2D eigenvalue weighted by Gasteiger charge is 2.07. The number of carbonyl (C=O) groups is 1. The molecule has 0 fully saturated rings. The molecule has 0 saturated heterocycles. The number of benzene rings is 1. The molecule has 86 valence electrons. The molecule has 16 heavy (non-hydrogen) atoms. The van der Waals surface area contributed by atoms with Gasteiger partial charge in [-0.25, -0.2) is 4.79 Å². The molecule has 0 radical (unpaired) electrons. The lowest BCUT2D eigenvalue weighted by Gasteiger charge is -2.02. The van der Waals surface area contributed by atoms with Crippen LogP contribution in [0.3, 0.4) is 0 Å². The second-order valence-corrected chi connectivity index (χ2v) is 3.41. The molecule has 0 aromatic heterocycles. The predicted molar refractivity (Wildman–Crippen MR) is 62.9 cm³/mol. The summed E-state index contributed by atoms with van der Waals surface area (Å²) in [5.41, 5.74) is 2.37. The van der Waals surface area contributed by atoms with Crippen molar-refractivity contribution >= 4 is 12.0 Å². The maximum atomic E-state index is 11.2. The van der Waals surface area contributed by atoms with Gasteiger partial charge in [-0.1, -0.05) is 31.2 Å². The Bertz CT molecular complexity index is 377. The van der Waals surface area contributed by atoms with E-state index in [2.05, 4.69) is 11.7 Å². The normalized spacial score (nSPS) is 11.3. The lowest BCUT2D eigenvalue weighted by molar-refractivity contribution is -0.136. The Morgan fingerprint density at radius 3 is 2.44 bits per heavy atom. The van der Waals surface area contributed by atoms with Gasteiger partial charge < -0.3 is 9.84 Å². The van der Waals surface area contributed by atoms with Crippen LogP contribution in [0.5, 0.6) is 0 Å². The van der Waals surface area contributed by atoms with Crippen LogP contribution in [0.25, 0.3) is 6.08 Å². The topological polar surface area (TPSA) is 46.5 Å². The van der Waals surface area contributed by atoms with Gasteiger partial charge in [0.25, 0.3) is 0 Å². The zero-order valence-electron chi connectivity index (χ0n) is 9.56. The fourth-order valence-electron chi connectivity index (χ4n) is 1.35. The number of aliphatic hydroxyl groups is 1. The third-order valence-corrected chi connectivity index (χ3v) is 2.35. The Balaban J connectivity index is 2.91. The van der Waals surface area contributed by atoms with Crippen molar-refractivity contribution in [3.8, 4) is 0 Å². The minimum Gasteiger partial charge on any atom is -0.466 e. The van der Waals surface area contributed by atoms with Crippen molar-refractivity contribution in [2.75, 3.05) is 13.7 Å². The number of hydrogen-bond donors (Lipinski definition) is 1. The van der Waals surface area contributed by atoms with Crippen molar-refractivity contribution in [2.45, 2.75) is 13.3 Å². The van der Waals surface area contributed by atoms with E-state index in [0.29, 0.717) is 0 Å². The first-order valence-corrected chi connectivity index (χ1v) is 5.20. The lowest BCUT2D eigenvalue weighted by Crippen LogP contribution is -2.07. The number of rotatable bonds is 4. The first-order valence-electron chi connectivity index (χ1n) is 5.20. The second-order valence-electron chi connectivity index (χ2n) is 3.41. The molecule has 0 bridgehead atoms. The highest BCUT2D eigenvalue weighted by molar-refractivity contribution is 5.93. The molecule has 0 spiro atoms. The molecule has 1 rings (SSSR count). The molecule has 1 N–H and O–H groups in total. The van der Waals surface area contributed by atoms with Crippen LogP contribution in [0.1, 0.15) is 18.1 Å². The molecule has 0 aliphatic heterocycles. The van der Waals surface area contributed by atoms with Crippen molar-refractivity contribution in [1.29, 1.82) is 0 Å². The van der Waals surface area contributed by atoms with Gasteiger partial charge in [-0.15, -0.1) is 0 Å². The van der Waals surface area contributed by atoms with Crippen LogP contribution in [0.4, 0.5) is 0 Å². The molecule has 3 heteroatoms. The van der Waals surface area contributed by atoms with Crippen LogP contribution in [0.2, 0.25) is 0 Å². The standard InChI is InChI=1S/C13H16O3/c1-3-10-4-6-11(7-5-10)8-12(9-14)13(15)16-2/h4-8,14H,3,9H2,1-2H3/b12-8+. The zero-order valence-corrected chi connectivity index (χ0v) is 9.56. The first kappa shape index (κ1) is 12.5. The van der Waals surface area contributed by atoms with Gasteiger partial charge in [-0.2, -0.15) is 0 Å². The summed E-state index contributed by atoms with van der Waals surface area (Å²) in [6, 6.07) is 7.82. The smallest absolute Gasteiger partial charge is 0.336 e. The number of aryl methyl sites for hydroxylation is 1. The lowest BCUT2D eigenvalue weighted by atomic mass is 10.1. The van der Waals surface area contributed by atoms with Gasteiger partial charge >= 0.3 is 5.97 Å². The Morgan fingerprint density at radius 2 is 2.00 bits per heavy atom. The van der Waals surface area contributed by atoms with E-state index < -0.39 is 5.97 Å². The Hall–Kier alpha value is -1.61. The summed E-state index contributed by atoms with van der Waals surface area (Å²) in [6.07, 6.45) is 2.61. The van der Waals surface area contributed by atoms with Gasteiger partial charge in [0.05, 0.1) is 19.3 Å². The molecule has 3 nitrogen and oxygen atoms in total. The summed E-state index contributed by atoms with van der Waals surface area (Å²) in [6.45, 7) is 1.76. The Kier molecular flexibility index (Phi) is 4.73. The van der Waals surface area contributed by atoms with E-state index in [1.54, 1.807) is 6.08 Å². The van der Waals surface area contributed by atoms with Crippen LogP contribution in [0.15, 0.2) is 29.8 Å². The Morgan fingerprint density at radius 1 is 1.38 bits per heavy atom. The number of methoxy groups -OCH3 is 1. The molecule has 0 aliphatic carbocycles. The van der Waals surface area contributed by atoms with Gasteiger partial charge in [-0.05, 0) is 23.6 Å². The number of aliphatic hydroxyl groups excluding tert-OH is 1. The van der Waals surface area contributed by atoms with E-state index in [1.165, 1.54) is 12.7 Å². The van der Waals surface area contributed by atoms with E-state index in [4.69, 9.17) is 5.11 Å². The maximum absolute atomic E-state index is 11.2. The van der Waals surface area contributed by atoms with Crippen molar-refractivity contribution in [1.82, 2.24) is 0 Å². The number of hydrogen-bond acceptors (Lipinski definition) is 3. The van der Waals surface area contributed by atoms with E-state index in [1.807, 2.05) is 24.3 Å². The van der Waals surface area contributed by atoms with E-state index in [0.717, 1.165) is 12.0 Å². The van der Waals surface area contributed by atoms with Crippen LogP contribution >= 0.6 is 0 Å². The quantitative estimate of drug-likeness (QED) is 0.621. The fourth-order valence-corrected chi connectivity index (χ4v) is 1.35. The van der Waals surface area contributed by atoms with Crippen LogP contribution < -0.4 is 0 Å². The minimum atomic E-state index is -0.498. The molecule has 0 aliphatic rings. The molecule has 0 amide bonds. The molecule has 0 heterocycles. The minimum absolute atomic E-state index is 0.256. The van der Waals surface area contributed by atoms with Gasteiger partial charge in [0, 0.05) is 0 Å². The van der Waals surface area contributed by atoms with Gasteiger partial charge in [0.1, 0.15) is 0 Å². The Labute approximate surface area is 95.4 Å². The highest BCUT2D eigenvalue weighted by Crippen LogP contribution is 2.10. The third kappa shape index (κ3) is 3.21. The molecular formula is C13H16O3. The van der Waals surface area contributed by atoms with Crippen molar-refractivity contribution in [3.63, 3.8) is 0 Å². The van der Waals surface area contributed by atoms with E-state index >= 15 is 0 Å². The maximum Gasteiger partial charge on any atom is 0.336 e. The predicted octanol–water partition coefficient (Wildman–Crippen LogP) is 1.80. The van der Waals surface area contributed by atoms with Crippen molar-refractivity contribution < 1.29 is 14.6 Å². The summed E-state index contributed by atoms with van der Waals surface area (Å²) in [7, 11) is 1.30. The monoisotopic (exact) mass is 220 g/mol. The number of esters is 1. The van der Waals surface area contributed by atoms with Gasteiger partial charge in [0.15, 0.2) is 0 Å². The molecule has 1 aromatic carbocycles. The fraction of sp³-hybridized carbons (Fsp3) is 0.308. The van der Waals surface area contributed by atoms with Crippen molar-refractivity contribution in [3.05, 3.63) is 41.0 Å². The summed E-state index contributed by atoms with van der Waals surface area (Å²) in [4.78, 5) is 11.2. The second kappa shape index (κ2) is 6.08. The van der Waals surface area contributed by atoms with E-state index in [9.17, 15) is 4.79 Å². The SMILES string of the molecule is CCc1ccc(/C=C(\CO)C(=O)OC)cc1. The summed E-state index contributed by atoms with van der Waals surface area (Å²) < 4.78 is 4.55. The summed E-state index contributed by atoms with van der Waals surface area (Å²) in [5.74, 6) is -0.498. The first-order chi connectivity index (χ1) is 7.71. The molecule has 1 aromatic rings.